The predicted octanol–water partition coefficient (Wildman–Crippen LogP) is 4.42. The van der Waals surface area contributed by atoms with Crippen molar-refractivity contribution in [1.29, 1.82) is 0 Å². The van der Waals surface area contributed by atoms with Crippen molar-refractivity contribution in [3.63, 3.8) is 0 Å². The first-order valence-corrected chi connectivity index (χ1v) is 11.6. The van der Waals surface area contributed by atoms with Gasteiger partial charge in [0, 0.05) is 40.8 Å². The molecule has 1 aliphatic carbocycles. The highest BCUT2D eigenvalue weighted by Gasteiger charge is 2.42. The number of dihydropyridines is 1. The van der Waals surface area contributed by atoms with Crippen LogP contribution in [0.15, 0.2) is 62.9 Å². The molecule has 0 amide bonds. The molecular formula is C24H25NO5S. The molecular weight excluding hydrogens is 414 g/mol. The smallest absolute Gasteiger partial charge is 0.336 e. The number of carbonyl (C=O) groups excluding carboxylic acids is 2. The van der Waals surface area contributed by atoms with E-state index in [4.69, 9.17) is 13.9 Å². The Balaban J connectivity index is 1.46. The van der Waals surface area contributed by atoms with Gasteiger partial charge in [0.1, 0.15) is 12.4 Å². The summed E-state index contributed by atoms with van der Waals surface area (Å²) in [7, 11) is 0. The summed E-state index contributed by atoms with van der Waals surface area (Å²) in [6.45, 7) is 2.84. The molecule has 0 aromatic carbocycles. The van der Waals surface area contributed by atoms with E-state index in [2.05, 4.69) is 5.32 Å². The van der Waals surface area contributed by atoms with E-state index in [-0.39, 0.29) is 30.4 Å². The van der Waals surface area contributed by atoms with Gasteiger partial charge in [0.15, 0.2) is 5.78 Å². The molecule has 0 saturated carbocycles. The van der Waals surface area contributed by atoms with E-state index in [1.807, 2.05) is 36.6 Å². The number of ether oxygens (including phenoxy) is 2. The minimum Gasteiger partial charge on any atom is -0.469 e. The van der Waals surface area contributed by atoms with Crippen LogP contribution in [0.2, 0.25) is 0 Å². The fraction of sp³-hybridized carbons (Fsp3) is 0.417. The van der Waals surface area contributed by atoms with Crippen molar-refractivity contribution in [2.75, 3.05) is 13.2 Å². The molecule has 162 valence electrons. The molecule has 3 aliphatic rings. The van der Waals surface area contributed by atoms with Crippen LogP contribution in [0.25, 0.3) is 0 Å². The normalized spacial score (nSPS) is 26.1. The minimum atomic E-state index is -0.404. The molecule has 0 spiro atoms. The highest BCUT2D eigenvalue weighted by molar-refractivity contribution is 7.10. The van der Waals surface area contributed by atoms with Crippen LogP contribution in [-0.4, -0.2) is 31.1 Å². The first-order valence-electron chi connectivity index (χ1n) is 10.7. The molecule has 3 atom stereocenters. The van der Waals surface area contributed by atoms with Crippen molar-refractivity contribution in [1.82, 2.24) is 5.32 Å². The molecule has 0 radical (unpaired) electrons. The Morgan fingerprint density at radius 3 is 2.90 bits per heavy atom. The third-order valence-electron chi connectivity index (χ3n) is 6.25. The molecule has 7 heteroatoms. The Morgan fingerprint density at radius 2 is 2.19 bits per heavy atom. The summed E-state index contributed by atoms with van der Waals surface area (Å²) in [4.78, 5) is 27.5. The molecule has 31 heavy (non-hydrogen) atoms. The molecule has 1 fully saturated rings. The van der Waals surface area contributed by atoms with E-state index in [0.717, 1.165) is 34.9 Å². The molecule has 0 bridgehead atoms. The lowest BCUT2D eigenvalue weighted by Crippen LogP contribution is -2.36. The fourth-order valence-electron chi connectivity index (χ4n) is 4.80. The van der Waals surface area contributed by atoms with Gasteiger partial charge in [-0.15, -0.1) is 11.3 Å². The van der Waals surface area contributed by atoms with Gasteiger partial charge in [0.2, 0.25) is 0 Å². The second-order valence-corrected chi connectivity index (χ2v) is 9.26. The number of furan rings is 1. The highest BCUT2D eigenvalue weighted by Crippen LogP contribution is 2.46. The number of allylic oxidation sites excluding steroid dienone is 3. The van der Waals surface area contributed by atoms with Gasteiger partial charge in [-0.05, 0) is 49.8 Å². The fourth-order valence-corrected chi connectivity index (χ4v) is 5.64. The van der Waals surface area contributed by atoms with Crippen molar-refractivity contribution in [2.24, 2.45) is 0 Å². The highest BCUT2D eigenvalue weighted by atomic mass is 32.1. The molecule has 6 nitrogen and oxygen atoms in total. The number of thiophene rings is 1. The van der Waals surface area contributed by atoms with E-state index >= 15 is 0 Å². The standard InChI is InChI=1S/C24H25NO5S/c1-14-21(24(27)30-13-16-5-2-8-28-16)23(20-7-4-10-31-20)22-17(25-14)11-15(12-18(22)26)19-6-3-9-29-19/h3-4,6-7,9-10,15-16,23,25H,2,5,8,11-13H2,1H3/t15-,16-,23-/m0/s1. The van der Waals surface area contributed by atoms with Crippen LogP contribution in [-0.2, 0) is 19.1 Å². The summed E-state index contributed by atoms with van der Waals surface area (Å²) in [6.07, 6.45) is 4.53. The monoisotopic (exact) mass is 439 g/mol. The number of hydrogen-bond donors (Lipinski definition) is 1. The van der Waals surface area contributed by atoms with Crippen molar-refractivity contribution in [2.45, 2.75) is 50.5 Å². The van der Waals surface area contributed by atoms with Crippen LogP contribution >= 0.6 is 11.3 Å². The van der Waals surface area contributed by atoms with Crippen molar-refractivity contribution < 1.29 is 23.5 Å². The summed E-state index contributed by atoms with van der Waals surface area (Å²) in [5.74, 6) is 0.0755. The number of carbonyl (C=O) groups is 2. The lowest BCUT2D eigenvalue weighted by atomic mass is 9.74. The predicted molar refractivity (Wildman–Crippen MR) is 116 cm³/mol. The first kappa shape index (κ1) is 20.3. The lowest BCUT2D eigenvalue weighted by molar-refractivity contribution is -0.142. The summed E-state index contributed by atoms with van der Waals surface area (Å²) < 4.78 is 16.8. The van der Waals surface area contributed by atoms with Crippen LogP contribution in [0, 0.1) is 0 Å². The largest absolute Gasteiger partial charge is 0.469 e. The van der Waals surface area contributed by atoms with Crippen LogP contribution in [0.4, 0.5) is 0 Å². The van der Waals surface area contributed by atoms with Gasteiger partial charge in [-0.25, -0.2) is 4.79 Å². The molecule has 0 unspecified atom stereocenters. The molecule has 2 aromatic heterocycles. The topological polar surface area (TPSA) is 77.8 Å². The average Bonchev–Trinajstić information content (AvgIpc) is 3.54. The van der Waals surface area contributed by atoms with Crippen molar-refractivity contribution in [3.05, 3.63) is 69.1 Å². The van der Waals surface area contributed by atoms with Gasteiger partial charge in [-0.2, -0.15) is 0 Å². The van der Waals surface area contributed by atoms with Gasteiger partial charge in [0.25, 0.3) is 0 Å². The summed E-state index contributed by atoms with van der Waals surface area (Å²) >= 11 is 1.55. The van der Waals surface area contributed by atoms with Gasteiger partial charge in [-0.1, -0.05) is 6.07 Å². The number of esters is 1. The maximum atomic E-state index is 13.4. The Kier molecular flexibility index (Phi) is 5.54. The number of Topliss-reactive ketones (excluding diaryl/α,β-unsaturated/α-hetero) is 1. The zero-order chi connectivity index (χ0) is 21.4. The molecule has 2 aliphatic heterocycles. The quantitative estimate of drug-likeness (QED) is 0.695. The molecule has 1 saturated heterocycles. The van der Waals surface area contributed by atoms with Crippen molar-refractivity contribution in [3.8, 4) is 0 Å². The Bertz CT molecular complexity index is 1030. The van der Waals surface area contributed by atoms with Crippen LogP contribution < -0.4 is 5.32 Å². The number of hydrogen-bond acceptors (Lipinski definition) is 7. The second-order valence-electron chi connectivity index (χ2n) is 8.28. The average molecular weight is 440 g/mol. The summed E-state index contributed by atoms with van der Waals surface area (Å²) in [5, 5.41) is 5.33. The lowest BCUT2D eigenvalue weighted by Gasteiger charge is -2.35. The summed E-state index contributed by atoms with van der Waals surface area (Å²) in [5.41, 5.74) is 2.82. The van der Waals surface area contributed by atoms with Crippen molar-refractivity contribution >= 4 is 23.1 Å². The maximum absolute atomic E-state index is 13.4. The van der Waals surface area contributed by atoms with Crippen LogP contribution in [0.1, 0.15) is 55.1 Å². The Morgan fingerprint density at radius 1 is 1.29 bits per heavy atom. The second kappa shape index (κ2) is 8.48. The SMILES string of the molecule is CC1=C(C(=O)OC[C@@H]2CCCO2)[C@H](c2cccs2)C2=C(C[C@H](c3ccco3)CC2=O)N1. The van der Waals surface area contributed by atoms with Crippen LogP contribution in [0.3, 0.4) is 0 Å². The minimum absolute atomic E-state index is 0.00134. The van der Waals surface area contributed by atoms with Gasteiger partial charge in [0.05, 0.1) is 23.9 Å². The maximum Gasteiger partial charge on any atom is 0.336 e. The van der Waals surface area contributed by atoms with Gasteiger partial charge >= 0.3 is 5.97 Å². The molecule has 4 heterocycles. The van der Waals surface area contributed by atoms with E-state index in [9.17, 15) is 9.59 Å². The third-order valence-corrected chi connectivity index (χ3v) is 7.18. The Hall–Kier alpha value is -2.64. The van der Waals surface area contributed by atoms with Gasteiger partial charge < -0.3 is 19.2 Å². The molecule has 1 N–H and O–H groups in total. The van der Waals surface area contributed by atoms with E-state index in [1.54, 1.807) is 17.6 Å². The van der Waals surface area contributed by atoms with E-state index < -0.39 is 5.92 Å². The number of rotatable bonds is 5. The zero-order valence-corrected chi connectivity index (χ0v) is 18.2. The van der Waals surface area contributed by atoms with E-state index in [0.29, 0.717) is 30.6 Å². The Labute approximate surface area is 184 Å². The van der Waals surface area contributed by atoms with E-state index in [1.165, 1.54) is 0 Å². The van der Waals surface area contributed by atoms with Gasteiger partial charge in [-0.3, -0.25) is 4.79 Å². The summed E-state index contributed by atoms with van der Waals surface area (Å²) in [6, 6.07) is 7.70. The number of nitrogens with one attached hydrogen (secondary N) is 1. The molecule has 2 aromatic rings. The molecule has 5 rings (SSSR count). The van der Waals surface area contributed by atoms with Crippen LogP contribution in [0.5, 0.6) is 0 Å². The zero-order valence-electron chi connectivity index (χ0n) is 17.4. The number of ketones is 1. The third kappa shape index (κ3) is 3.88. The first-order chi connectivity index (χ1) is 15.1.